The number of nitrogens with two attached hydrogens (primary N) is 1. The van der Waals surface area contributed by atoms with Crippen molar-refractivity contribution in [2.24, 2.45) is 0 Å². The summed E-state index contributed by atoms with van der Waals surface area (Å²) in [6, 6.07) is 16.6. The lowest BCUT2D eigenvalue weighted by molar-refractivity contribution is 0.277. The van der Waals surface area contributed by atoms with Gasteiger partial charge in [0.2, 0.25) is 5.95 Å². The van der Waals surface area contributed by atoms with Crippen LogP contribution < -0.4 is 10.6 Å². The molecule has 0 saturated heterocycles. The number of imidazole rings is 1. The topological polar surface area (TPSA) is 93.1 Å². The lowest BCUT2D eigenvalue weighted by atomic mass is 10.1. The third-order valence-electron chi connectivity index (χ3n) is 5.37. The summed E-state index contributed by atoms with van der Waals surface area (Å²) in [5.41, 5.74) is 12.1. The van der Waals surface area contributed by atoms with Crippen LogP contribution in [0.4, 0.5) is 23.1 Å². The molecule has 0 fully saturated rings. The number of nitrogen functional groups attached to an aromatic ring is 1. The molecule has 0 aliphatic heterocycles. The van der Waals surface area contributed by atoms with Gasteiger partial charge in [0.15, 0.2) is 11.5 Å². The molecular formula is C22H22N6O. The number of para-hydroxylation sites is 1. The maximum absolute atomic E-state index is 9.36. The molecule has 5 rings (SSSR count). The molecule has 0 spiro atoms. The molecule has 0 saturated carbocycles. The zero-order valence-corrected chi connectivity index (χ0v) is 16.0. The molecule has 0 radical (unpaired) electrons. The Labute approximate surface area is 168 Å². The van der Waals surface area contributed by atoms with Gasteiger partial charge in [0.25, 0.3) is 0 Å². The van der Waals surface area contributed by atoms with E-state index in [1.807, 2.05) is 35.2 Å². The van der Waals surface area contributed by atoms with Crippen LogP contribution in [0.5, 0.6) is 0 Å². The predicted octanol–water partition coefficient (Wildman–Crippen LogP) is 3.36. The first-order chi connectivity index (χ1) is 14.2. The number of nitrogens with zero attached hydrogens (tertiary/aromatic N) is 5. The van der Waals surface area contributed by atoms with Gasteiger partial charge in [0, 0.05) is 17.9 Å². The van der Waals surface area contributed by atoms with Crippen molar-refractivity contribution in [3.8, 4) is 0 Å². The Morgan fingerprint density at radius 3 is 2.66 bits per heavy atom. The minimum atomic E-state index is -0.00206. The second-order valence-corrected chi connectivity index (χ2v) is 7.22. The van der Waals surface area contributed by atoms with E-state index < -0.39 is 0 Å². The van der Waals surface area contributed by atoms with Gasteiger partial charge in [-0.2, -0.15) is 9.97 Å². The highest BCUT2D eigenvalue weighted by atomic mass is 16.3. The quantitative estimate of drug-likeness (QED) is 0.546. The van der Waals surface area contributed by atoms with Crippen LogP contribution in [0.15, 0.2) is 54.9 Å². The van der Waals surface area contributed by atoms with Crippen LogP contribution in [0.1, 0.15) is 17.5 Å². The monoisotopic (exact) mass is 386 g/mol. The van der Waals surface area contributed by atoms with E-state index in [2.05, 4.69) is 28.2 Å². The van der Waals surface area contributed by atoms with Gasteiger partial charge in [-0.05, 0) is 54.7 Å². The van der Waals surface area contributed by atoms with Crippen molar-refractivity contribution in [1.82, 2.24) is 19.5 Å². The Bertz CT molecular complexity index is 1170. The Balaban J connectivity index is 1.70. The molecule has 0 bridgehead atoms. The molecule has 4 aromatic rings. The molecule has 1 aliphatic carbocycles. The zero-order valence-electron chi connectivity index (χ0n) is 16.0. The number of hydrogen-bond acceptors (Lipinski definition) is 6. The number of aryl methyl sites for hydroxylation is 2. The highest BCUT2D eigenvalue weighted by Crippen LogP contribution is 2.36. The maximum atomic E-state index is 9.36. The van der Waals surface area contributed by atoms with Gasteiger partial charge in [-0.25, -0.2) is 4.98 Å². The van der Waals surface area contributed by atoms with Gasteiger partial charge in [0.1, 0.15) is 5.52 Å². The fraction of sp³-hybridized carbons (Fsp3) is 0.227. The highest BCUT2D eigenvalue weighted by molar-refractivity contribution is 5.85. The summed E-state index contributed by atoms with van der Waals surface area (Å²) < 4.78 is 1.79. The molecule has 0 atom stereocenters. The van der Waals surface area contributed by atoms with Crippen molar-refractivity contribution >= 4 is 34.3 Å². The Kier molecular flexibility index (Phi) is 4.37. The normalized spacial score (nSPS) is 13.0. The summed E-state index contributed by atoms with van der Waals surface area (Å²) in [6.45, 7) is 0.397. The van der Waals surface area contributed by atoms with E-state index in [0.717, 1.165) is 24.2 Å². The van der Waals surface area contributed by atoms with E-state index in [9.17, 15) is 5.11 Å². The van der Waals surface area contributed by atoms with Crippen molar-refractivity contribution in [3.63, 3.8) is 0 Å². The Morgan fingerprint density at radius 2 is 1.83 bits per heavy atom. The van der Waals surface area contributed by atoms with Crippen LogP contribution in [0.2, 0.25) is 0 Å². The Morgan fingerprint density at radius 1 is 1.00 bits per heavy atom. The van der Waals surface area contributed by atoms with E-state index in [-0.39, 0.29) is 6.61 Å². The van der Waals surface area contributed by atoms with E-state index >= 15 is 0 Å². The average Bonchev–Trinajstić information content (AvgIpc) is 3.37. The maximum Gasteiger partial charge on any atom is 0.238 e. The largest absolute Gasteiger partial charge is 0.395 e. The second-order valence-electron chi connectivity index (χ2n) is 7.22. The SMILES string of the molecule is Nc1nc(N(c2ccccc2)c2ccc3c(c2)CCC3)nc2c1ncn2CCO. The number of hydrogen-bond donors (Lipinski definition) is 2. The summed E-state index contributed by atoms with van der Waals surface area (Å²) in [5.74, 6) is 0.808. The smallest absolute Gasteiger partial charge is 0.238 e. The van der Waals surface area contributed by atoms with Crippen LogP contribution in [0.25, 0.3) is 11.2 Å². The van der Waals surface area contributed by atoms with Gasteiger partial charge >= 0.3 is 0 Å². The van der Waals surface area contributed by atoms with Crippen LogP contribution >= 0.6 is 0 Å². The Hall–Kier alpha value is -3.45. The minimum absolute atomic E-state index is 0.00206. The number of anilines is 4. The van der Waals surface area contributed by atoms with Crippen molar-refractivity contribution in [1.29, 1.82) is 0 Å². The fourth-order valence-electron chi connectivity index (χ4n) is 3.98. The molecule has 0 amide bonds. The molecule has 7 heteroatoms. The number of aromatic nitrogens is 4. The van der Waals surface area contributed by atoms with E-state index in [1.54, 1.807) is 10.9 Å². The molecule has 146 valence electrons. The summed E-state index contributed by atoms with van der Waals surface area (Å²) in [7, 11) is 0. The van der Waals surface area contributed by atoms with Gasteiger partial charge < -0.3 is 15.4 Å². The molecule has 0 unspecified atom stereocenters. The van der Waals surface area contributed by atoms with Gasteiger partial charge in [0.05, 0.1) is 12.9 Å². The lowest BCUT2D eigenvalue weighted by Gasteiger charge is -2.24. The molecule has 2 aromatic carbocycles. The van der Waals surface area contributed by atoms with Crippen molar-refractivity contribution in [3.05, 3.63) is 66.0 Å². The first-order valence-electron chi connectivity index (χ1n) is 9.81. The van der Waals surface area contributed by atoms with Crippen LogP contribution in [0.3, 0.4) is 0 Å². The number of aliphatic hydroxyl groups is 1. The van der Waals surface area contributed by atoms with Crippen LogP contribution in [0, 0.1) is 0 Å². The third-order valence-corrected chi connectivity index (χ3v) is 5.37. The number of fused-ring (bicyclic) bond motifs is 2. The number of aliphatic hydroxyl groups excluding tert-OH is 1. The fourth-order valence-corrected chi connectivity index (χ4v) is 3.98. The summed E-state index contributed by atoms with van der Waals surface area (Å²) in [4.78, 5) is 15.7. The third kappa shape index (κ3) is 3.09. The molecule has 2 aromatic heterocycles. The predicted molar refractivity (Wildman–Crippen MR) is 114 cm³/mol. The second kappa shape index (κ2) is 7.18. The van der Waals surface area contributed by atoms with E-state index in [4.69, 9.17) is 10.7 Å². The van der Waals surface area contributed by atoms with Crippen LogP contribution in [-0.2, 0) is 19.4 Å². The molecule has 2 heterocycles. The van der Waals surface area contributed by atoms with E-state index in [0.29, 0.717) is 29.5 Å². The lowest BCUT2D eigenvalue weighted by Crippen LogP contribution is -2.15. The van der Waals surface area contributed by atoms with E-state index in [1.165, 1.54) is 17.5 Å². The molecule has 1 aliphatic rings. The summed E-state index contributed by atoms with van der Waals surface area (Å²) in [5, 5.41) is 9.36. The minimum Gasteiger partial charge on any atom is -0.395 e. The van der Waals surface area contributed by atoms with Crippen molar-refractivity contribution < 1.29 is 5.11 Å². The summed E-state index contributed by atoms with van der Waals surface area (Å²) in [6.07, 6.45) is 5.06. The number of benzene rings is 2. The number of rotatable bonds is 5. The van der Waals surface area contributed by atoms with Gasteiger partial charge in [-0.1, -0.05) is 24.3 Å². The molecule has 7 nitrogen and oxygen atoms in total. The zero-order chi connectivity index (χ0) is 19.8. The molecule has 29 heavy (non-hydrogen) atoms. The highest BCUT2D eigenvalue weighted by Gasteiger charge is 2.21. The van der Waals surface area contributed by atoms with Gasteiger partial charge in [-0.3, -0.25) is 4.90 Å². The van der Waals surface area contributed by atoms with Crippen molar-refractivity contribution in [2.75, 3.05) is 17.2 Å². The van der Waals surface area contributed by atoms with Gasteiger partial charge in [-0.15, -0.1) is 0 Å². The average molecular weight is 386 g/mol. The molecule has 3 N–H and O–H groups in total. The molecular weight excluding hydrogens is 364 g/mol. The standard InChI is InChI=1S/C22H22N6O/c23-20-19-21(27(11-12-29)14-24-19)26-22(25-20)28(17-7-2-1-3-8-17)18-10-9-15-5-4-6-16(15)13-18/h1-3,7-10,13-14,29H,4-6,11-12H2,(H2,23,25,26). The first kappa shape index (κ1) is 17.6. The van der Waals surface area contributed by atoms with Crippen molar-refractivity contribution in [2.45, 2.75) is 25.8 Å². The summed E-state index contributed by atoms with van der Waals surface area (Å²) >= 11 is 0. The first-order valence-corrected chi connectivity index (χ1v) is 9.81. The van der Waals surface area contributed by atoms with Crippen LogP contribution in [-0.4, -0.2) is 31.2 Å².